The van der Waals surface area contributed by atoms with E-state index in [0.29, 0.717) is 0 Å². The Labute approximate surface area is 211 Å². The van der Waals surface area contributed by atoms with E-state index in [4.69, 9.17) is 26.4 Å². The Bertz CT molecular complexity index is 893. The molecule has 0 aliphatic heterocycles. The first-order valence-corrected chi connectivity index (χ1v) is 12.6. The van der Waals surface area contributed by atoms with Gasteiger partial charge in [-0.2, -0.15) is 0 Å². The monoisotopic (exact) mass is 555 g/mol. The number of carbonyl (C=O) groups is 6. The van der Waals surface area contributed by atoms with Gasteiger partial charge in [0.25, 0.3) is 0 Å². The van der Waals surface area contributed by atoms with Crippen molar-refractivity contribution < 1.29 is 57.9 Å². The lowest BCUT2D eigenvalue weighted by Crippen LogP contribution is -2.57. The zero-order valence-corrected chi connectivity index (χ0v) is 21.2. The predicted octanol–water partition coefficient (Wildman–Crippen LogP) is -2.86. The Kier molecular flexibility index (Phi) is 14.5. The van der Waals surface area contributed by atoms with E-state index in [0.717, 1.165) is 0 Å². The molecule has 0 unspecified atom stereocenters. The molecule has 0 bridgehead atoms. The molecule has 4 amide bonds. The van der Waals surface area contributed by atoms with Crippen LogP contribution in [-0.2, 0) is 37.9 Å². The minimum absolute atomic E-state index is 0.0481. The molecule has 0 saturated heterocycles. The highest BCUT2D eigenvalue weighted by Crippen LogP contribution is 2.35. The fourth-order valence-corrected chi connectivity index (χ4v) is 3.22. The molecule has 0 saturated carbocycles. The summed E-state index contributed by atoms with van der Waals surface area (Å²) < 4.78 is 14.9. The summed E-state index contributed by atoms with van der Waals surface area (Å²) in [5, 5.41) is 24.9. The van der Waals surface area contributed by atoms with Crippen molar-refractivity contribution in [3.8, 4) is 0 Å². The van der Waals surface area contributed by atoms with Crippen LogP contribution in [0.2, 0.25) is 0 Å². The van der Waals surface area contributed by atoms with Crippen molar-refractivity contribution in [2.24, 2.45) is 17.4 Å². The standard InChI is InChI=1S/C19H34N5O12P/c1-9(2)7-13(19(31)32)24-18(30)12(4-6-15(26)27)23-17(29)11(3-5-14(21)25)22-16(28)10(20)8-36-37(33,34)35/h9-13H,3-8,20H2,1-2H3,(H2,21,25)(H,22,28)(H,23,29)(H,24,30)(H,26,27)(H,31,32)(H2,33,34,35)/t10-,11-,12-,13-/m0/s1. The number of carboxylic acids is 2. The summed E-state index contributed by atoms with van der Waals surface area (Å²) >= 11 is 0. The molecule has 0 radical (unpaired) electrons. The van der Waals surface area contributed by atoms with Crippen LogP contribution in [0.15, 0.2) is 0 Å². The van der Waals surface area contributed by atoms with Gasteiger partial charge in [-0.3, -0.25) is 28.5 Å². The van der Waals surface area contributed by atoms with Gasteiger partial charge in [0.1, 0.15) is 24.2 Å². The highest BCUT2D eigenvalue weighted by Gasteiger charge is 2.31. The van der Waals surface area contributed by atoms with Crippen LogP contribution in [0, 0.1) is 5.92 Å². The quantitative estimate of drug-likeness (QED) is 0.0770. The number of carboxylic acid groups (broad SMARTS) is 2. The van der Waals surface area contributed by atoms with Gasteiger partial charge in [0.05, 0.1) is 6.61 Å². The lowest BCUT2D eigenvalue weighted by molar-refractivity contribution is -0.143. The van der Waals surface area contributed by atoms with Gasteiger partial charge in [-0.15, -0.1) is 0 Å². The molecule has 0 aromatic heterocycles. The van der Waals surface area contributed by atoms with Crippen LogP contribution in [0.25, 0.3) is 0 Å². The smallest absolute Gasteiger partial charge is 0.469 e. The summed E-state index contributed by atoms with van der Waals surface area (Å²) in [5.41, 5.74) is 10.6. The first kappa shape index (κ1) is 33.9. The Morgan fingerprint density at radius 3 is 1.70 bits per heavy atom. The van der Waals surface area contributed by atoms with Gasteiger partial charge >= 0.3 is 19.8 Å². The molecule has 0 heterocycles. The van der Waals surface area contributed by atoms with Gasteiger partial charge in [-0.05, 0) is 25.2 Å². The summed E-state index contributed by atoms with van der Waals surface area (Å²) in [6, 6.07) is -6.03. The van der Waals surface area contributed by atoms with Crippen molar-refractivity contribution in [2.75, 3.05) is 6.61 Å². The molecule has 0 spiro atoms. The van der Waals surface area contributed by atoms with Gasteiger partial charge in [0.15, 0.2) is 0 Å². The Balaban J connectivity index is 5.66. The number of primary amides is 1. The highest BCUT2D eigenvalue weighted by molar-refractivity contribution is 7.46. The van der Waals surface area contributed by atoms with E-state index in [-0.39, 0.29) is 18.8 Å². The topological polar surface area (TPSA) is 298 Å². The summed E-state index contributed by atoms with van der Waals surface area (Å²) in [5.74, 6) is -6.78. The molecule has 0 aromatic rings. The normalized spacial score (nSPS) is 14.6. The average molecular weight is 555 g/mol. The summed E-state index contributed by atoms with van der Waals surface area (Å²) in [6.07, 6.45) is -1.76. The number of amides is 4. The zero-order valence-electron chi connectivity index (χ0n) is 20.3. The molecule has 0 rings (SSSR count). The van der Waals surface area contributed by atoms with Crippen molar-refractivity contribution in [1.82, 2.24) is 16.0 Å². The van der Waals surface area contributed by atoms with E-state index in [9.17, 15) is 38.4 Å². The number of hydrogen-bond acceptors (Lipinski definition) is 9. The third kappa shape index (κ3) is 15.6. The second-order valence-corrected chi connectivity index (χ2v) is 9.72. The van der Waals surface area contributed by atoms with Crippen LogP contribution >= 0.6 is 7.82 Å². The van der Waals surface area contributed by atoms with E-state index in [1.54, 1.807) is 13.8 Å². The largest absolute Gasteiger partial charge is 0.481 e. The number of carbonyl (C=O) groups excluding carboxylic acids is 4. The number of nitrogens with one attached hydrogen (secondary N) is 3. The van der Waals surface area contributed by atoms with Crippen LogP contribution in [0.4, 0.5) is 0 Å². The molecule has 37 heavy (non-hydrogen) atoms. The maximum Gasteiger partial charge on any atom is 0.469 e. The predicted molar refractivity (Wildman–Crippen MR) is 124 cm³/mol. The lowest BCUT2D eigenvalue weighted by atomic mass is 10.0. The number of nitrogens with two attached hydrogens (primary N) is 2. The van der Waals surface area contributed by atoms with E-state index in [1.165, 1.54) is 0 Å². The third-order valence-corrected chi connectivity index (χ3v) is 5.16. The van der Waals surface area contributed by atoms with Crippen molar-refractivity contribution >= 4 is 43.4 Å². The van der Waals surface area contributed by atoms with Gasteiger partial charge in [-0.1, -0.05) is 13.8 Å². The molecule has 4 atom stereocenters. The van der Waals surface area contributed by atoms with E-state index in [1.807, 2.05) is 0 Å². The SMILES string of the molecule is CC(C)C[C@H](NC(=O)[C@H](CCC(=O)O)NC(=O)[C@H](CCC(N)=O)NC(=O)[C@@H](N)COP(=O)(O)O)C(=O)O. The molecule has 18 heteroatoms. The summed E-state index contributed by atoms with van der Waals surface area (Å²) in [6.45, 7) is 2.51. The zero-order chi connectivity index (χ0) is 28.9. The van der Waals surface area contributed by atoms with Crippen molar-refractivity contribution in [1.29, 1.82) is 0 Å². The van der Waals surface area contributed by atoms with E-state index in [2.05, 4.69) is 20.5 Å². The molecule has 11 N–H and O–H groups in total. The van der Waals surface area contributed by atoms with Crippen LogP contribution in [0.1, 0.15) is 46.0 Å². The van der Waals surface area contributed by atoms with Crippen LogP contribution < -0.4 is 27.4 Å². The van der Waals surface area contributed by atoms with Crippen LogP contribution in [0.3, 0.4) is 0 Å². The summed E-state index contributed by atoms with van der Waals surface area (Å²) in [4.78, 5) is 89.0. The molecule has 0 aliphatic carbocycles. The van der Waals surface area contributed by atoms with Crippen molar-refractivity contribution in [3.63, 3.8) is 0 Å². The van der Waals surface area contributed by atoms with Crippen LogP contribution in [0.5, 0.6) is 0 Å². The minimum Gasteiger partial charge on any atom is -0.481 e. The molecule has 0 aromatic carbocycles. The maximum atomic E-state index is 12.9. The van der Waals surface area contributed by atoms with Crippen molar-refractivity contribution in [3.05, 3.63) is 0 Å². The summed E-state index contributed by atoms with van der Waals surface area (Å²) in [7, 11) is -4.95. The second kappa shape index (κ2) is 15.9. The lowest BCUT2D eigenvalue weighted by Gasteiger charge is -2.25. The first-order valence-electron chi connectivity index (χ1n) is 11.0. The third-order valence-electron chi connectivity index (χ3n) is 4.67. The molecular weight excluding hydrogens is 521 g/mol. The maximum absolute atomic E-state index is 12.9. The molecular formula is C19H34N5O12P. The fourth-order valence-electron chi connectivity index (χ4n) is 2.86. The fraction of sp³-hybridized carbons (Fsp3) is 0.684. The number of rotatable bonds is 18. The molecule has 0 fully saturated rings. The van der Waals surface area contributed by atoms with Gasteiger partial charge in [-0.25, -0.2) is 9.36 Å². The molecule has 17 nitrogen and oxygen atoms in total. The number of aliphatic carboxylic acids is 2. The average Bonchev–Trinajstić information content (AvgIpc) is 2.75. The molecule has 0 aliphatic rings. The van der Waals surface area contributed by atoms with Gasteiger partial charge in [0.2, 0.25) is 23.6 Å². The highest BCUT2D eigenvalue weighted by atomic mass is 31.2. The molecule has 212 valence electrons. The van der Waals surface area contributed by atoms with Crippen LogP contribution in [-0.4, -0.2) is 86.3 Å². The number of phosphoric ester groups is 1. The van der Waals surface area contributed by atoms with E-state index < -0.39 is 93.4 Å². The first-order chi connectivity index (χ1) is 16.9. The second-order valence-electron chi connectivity index (χ2n) is 8.48. The number of phosphoric acid groups is 1. The van der Waals surface area contributed by atoms with Gasteiger partial charge < -0.3 is 47.4 Å². The minimum atomic E-state index is -4.95. The van der Waals surface area contributed by atoms with E-state index >= 15 is 0 Å². The van der Waals surface area contributed by atoms with Crippen molar-refractivity contribution in [2.45, 2.75) is 70.1 Å². The van der Waals surface area contributed by atoms with Gasteiger partial charge in [0, 0.05) is 12.8 Å². The Morgan fingerprint density at radius 2 is 1.30 bits per heavy atom. The Morgan fingerprint density at radius 1 is 0.838 bits per heavy atom. The Hall–Kier alpha value is -3.11. The number of hydrogen-bond donors (Lipinski definition) is 9.